The van der Waals surface area contributed by atoms with Crippen LogP contribution in [0.25, 0.3) is 0 Å². The summed E-state index contributed by atoms with van der Waals surface area (Å²) in [4.78, 5) is 13.5. The zero-order valence-electron chi connectivity index (χ0n) is 10.1. The van der Waals surface area contributed by atoms with Crippen LogP contribution < -0.4 is 4.74 Å². The van der Waals surface area contributed by atoms with Crippen molar-refractivity contribution in [3.63, 3.8) is 0 Å². The van der Waals surface area contributed by atoms with E-state index >= 15 is 0 Å². The molecule has 1 amide bonds. The lowest BCUT2D eigenvalue weighted by molar-refractivity contribution is -0.132. The first-order valence-electron chi connectivity index (χ1n) is 6.07. The lowest BCUT2D eigenvalue weighted by Crippen LogP contribution is -2.41. The number of nitrogens with zero attached hydrogens (tertiary/aromatic N) is 3. The van der Waals surface area contributed by atoms with E-state index in [2.05, 4.69) is 10.2 Å². The van der Waals surface area contributed by atoms with Crippen molar-refractivity contribution < 1.29 is 9.53 Å². The van der Waals surface area contributed by atoms with Crippen molar-refractivity contribution in [2.24, 2.45) is 0 Å². The number of ether oxygens (including phenoxy) is 1. The van der Waals surface area contributed by atoms with Gasteiger partial charge in [-0.25, -0.2) is 0 Å². The Bertz CT molecular complexity index is 380. The smallest absolute Gasteiger partial charge is 0.233 e. The fourth-order valence-corrected chi connectivity index (χ4v) is 2.14. The second-order valence-electron chi connectivity index (χ2n) is 4.20. The van der Waals surface area contributed by atoms with Gasteiger partial charge >= 0.3 is 0 Å². The van der Waals surface area contributed by atoms with Crippen LogP contribution in [0.5, 0.6) is 5.88 Å². The van der Waals surface area contributed by atoms with Crippen LogP contribution in [0.2, 0.25) is 0 Å². The third kappa shape index (κ3) is 3.57. The number of alkyl halides is 1. The van der Waals surface area contributed by atoms with Crippen molar-refractivity contribution in [1.29, 1.82) is 0 Å². The van der Waals surface area contributed by atoms with Crippen LogP contribution in [0.1, 0.15) is 19.3 Å². The van der Waals surface area contributed by atoms with Gasteiger partial charge in [-0.05, 0) is 6.07 Å². The molecule has 0 aliphatic carbocycles. The topological polar surface area (TPSA) is 55.3 Å². The van der Waals surface area contributed by atoms with Crippen molar-refractivity contribution in [2.75, 3.05) is 19.0 Å². The van der Waals surface area contributed by atoms with Gasteiger partial charge in [-0.2, -0.15) is 5.10 Å². The van der Waals surface area contributed by atoms with E-state index in [1.165, 1.54) is 0 Å². The van der Waals surface area contributed by atoms with Crippen LogP contribution in [0.4, 0.5) is 0 Å². The van der Waals surface area contributed by atoms with E-state index in [4.69, 9.17) is 16.3 Å². The van der Waals surface area contributed by atoms with Crippen LogP contribution >= 0.6 is 11.6 Å². The molecule has 2 heterocycles. The first-order chi connectivity index (χ1) is 8.79. The molecule has 0 saturated carbocycles. The van der Waals surface area contributed by atoms with E-state index in [1.54, 1.807) is 18.3 Å². The molecule has 0 atom stereocenters. The standard InChI is InChI=1S/C12H16ClN3O2/c13-6-3-12(17)16-8-4-10(5-9-16)18-11-2-1-7-14-15-11/h1-2,7,10H,3-6,8-9H2. The molecule has 0 spiro atoms. The summed E-state index contributed by atoms with van der Waals surface area (Å²) >= 11 is 5.56. The number of piperidine rings is 1. The highest BCUT2D eigenvalue weighted by Gasteiger charge is 2.23. The Hall–Kier alpha value is -1.36. The van der Waals surface area contributed by atoms with Gasteiger partial charge in [-0.15, -0.1) is 16.7 Å². The fraction of sp³-hybridized carbons (Fsp3) is 0.583. The highest BCUT2D eigenvalue weighted by molar-refractivity contribution is 6.18. The van der Waals surface area contributed by atoms with E-state index in [0.29, 0.717) is 18.2 Å². The maximum absolute atomic E-state index is 11.6. The number of amides is 1. The van der Waals surface area contributed by atoms with Crippen molar-refractivity contribution in [2.45, 2.75) is 25.4 Å². The average Bonchev–Trinajstić information content (AvgIpc) is 2.41. The SMILES string of the molecule is O=C(CCCl)N1CCC(Oc2cccnn2)CC1. The summed E-state index contributed by atoms with van der Waals surface area (Å²) in [5, 5.41) is 7.65. The molecule has 1 aromatic heterocycles. The zero-order valence-corrected chi connectivity index (χ0v) is 10.8. The fourth-order valence-electron chi connectivity index (χ4n) is 1.98. The molecule has 2 rings (SSSR count). The molecule has 0 radical (unpaired) electrons. The molecule has 18 heavy (non-hydrogen) atoms. The number of hydrogen-bond donors (Lipinski definition) is 0. The maximum Gasteiger partial charge on any atom is 0.233 e. The Morgan fingerprint density at radius 2 is 2.28 bits per heavy atom. The third-order valence-corrected chi connectivity index (χ3v) is 3.13. The summed E-state index contributed by atoms with van der Waals surface area (Å²) in [5.41, 5.74) is 0. The number of carbonyl (C=O) groups excluding carboxylic acids is 1. The normalized spacial score (nSPS) is 16.6. The first kappa shape index (κ1) is 13.1. The van der Waals surface area contributed by atoms with Gasteiger partial charge in [0.2, 0.25) is 11.8 Å². The van der Waals surface area contributed by atoms with Gasteiger partial charge in [-0.3, -0.25) is 4.79 Å². The van der Waals surface area contributed by atoms with Gasteiger partial charge in [0.25, 0.3) is 0 Å². The van der Waals surface area contributed by atoms with Gasteiger partial charge in [0.05, 0.1) is 0 Å². The van der Waals surface area contributed by atoms with E-state index < -0.39 is 0 Å². The molecular formula is C12H16ClN3O2. The molecule has 0 N–H and O–H groups in total. The van der Waals surface area contributed by atoms with E-state index in [1.807, 2.05) is 4.90 Å². The summed E-state index contributed by atoms with van der Waals surface area (Å²) in [6.45, 7) is 1.45. The monoisotopic (exact) mass is 269 g/mol. The molecule has 98 valence electrons. The Labute approximate surface area is 111 Å². The Kier molecular flexibility index (Phi) is 4.75. The molecular weight excluding hydrogens is 254 g/mol. The summed E-state index contributed by atoms with van der Waals surface area (Å²) < 4.78 is 5.71. The van der Waals surface area contributed by atoms with Gasteiger partial charge in [0.15, 0.2) is 0 Å². The van der Waals surface area contributed by atoms with Crippen LogP contribution in [0, 0.1) is 0 Å². The van der Waals surface area contributed by atoms with Gasteiger partial charge in [-0.1, -0.05) is 0 Å². The molecule has 1 aliphatic heterocycles. The third-order valence-electron chi connectivity index (χ3n) is 2.94. The van der Waals surface area contributed by atoms with E-state index in [-0.39, 0.29) is 12.0 Å². The molecule has 1 aliphatic rings. The van der Waals surface area contributed by atoms with Crippen LogP contribution in [0.15, 0.2) is 18.3 Å². The number of rotatable bonds is 4. The van der Waals surface area contributed by atoms with Crippen LogP contribution in [-0.4, -0.2) is 46.1 Å². The minimum atomic E-state index is 0.113. The van der Waals surface area contributed by atoms with Crippen molar-refractivity contribution in [3.05, 3.63) is 18.3 Å². The lowest BCUT2D eigenvalue weighted by atomic mass is 10.1. The largest absolute Gasteiger partial charge is 0.473 e. The molecule has 0 bridgehead atoms. The lowest BCUT2D eigenvalue weighted by Gasteiger charge is -2.31. The highest BCUT2D eigenvalue weighted by Crippen LogP contribution is 2.17. The van der Waals surface area contributed by atoms with E-state index in [0.717, 1.165) is 25.9 Å². The summed E-state index contributed by atoms with van der Waals surface area (Å²) in [7, 11) is 0. The molecule has 6 heteroatoms. The number of hydrogen-bond acceptors (Lipinski definition) is 4. The van der Waals surface area contributed by atoms with Gasteiger partial charge in [0.1, 0.15) is 6.10 Å². The molecule has 0 aromatic carbocycles. The van der Waals surface area contributed by atoms with Crippen molar-refractivity contribution in [1.82, 2.24) is 15.1 Å². The minimum absolute atomic E-state index is 0.113. The summed E-state index contributed by atoms with van der Waals surface area (Å²) in [5.74, 6) is 1.06. The Balaban J connectivity index is 1.78. The molecule has 1 saturated heterocycles. The summed E-state index contributed by atoms with van der Waals surface area (Å²) in [6, 6.07) is 3.58. The quantitative estimate of drug-likeness (QED) is 0.777. The average molecular weight is 270 g/mol. The van der Waals surface area contributed by atoms with Gasteiger partial charge in [0, 0.05) is 50.5 Å². The van der Waals surface area contributed by atoms with Crippen LogP contribution in [-0.2, 0) is 4.79 Å². The maximum atomic E-state index is 11.6. The molecule has 0 unspecified atom stereocenters. The molecule has 1 fully saturated rings. The Morgan fingerprint density at radius 3 is 2.89 bits per heavy atom. The predicted octanol–water partition coefficient (Wildman–Crippen LogP) is 1.48. The predicted molar refractivity (Wildman–Crippen MR) is 67.6 cm³/mol. The number of aromatic nitrogens is 2. The van der Waals surface area contributed by atoms with Crippen molar-refractivity contribution >= 4 is 17.5 Å². The van der Waals surface area contributed by atoms with E-state index in [9.17, 15) is 4.79 Å². The second-order valence-corrected chi connectivity index (χ2v) is 4.58. The molecule has 1 aromatic rings. The second kappa shape index (κ2) is 6.54. The number of carbonyl (C=O) groups is 1. The zero-order chi connectivity index (χ0) is 12.8. The minimum Gasteiger partial charge on any atom is -0.473 e. The highest BCUT2D eigenvalue weighted by atomic mass is 35.5. The van der Waals surface area contributed by atoms with Gasteiger partial charge < -0.3 is 9.64 Å². The number of halogens is 1. The Morgan fingerprint density at radius 1 is 1.50 bits per heavy atom. The summed E-state index contributed by atoms with van der Waals surface area (Å²) in [6.07, 6.45) is 3.79. The van der Waals surface area contributed by atoms with Crippen LogP contribution in [0.3, 0.4) is 0 Å². The number of likely N-dealkylation sites (tertiary alicyclic amines) is 1. The molecule has 5 nitrogen and oxygen atoms in total. The first-order valence-corrected chi connectivity index (χ1v) is 6.61. The van der Waals surface area contributed by atoms with Crippen molar-refractivity contribution in [3.8, 4) is 5.88 Å².